The molecule has 0 saturated heterocycles. The molecule has 31 heavy (non-hydrogen) atoms. The fourth-order valence-electron chi connectivity index (χ4n) is 2.96. The maximum Gasteiger partial charge on any atom is 0.240 e. The Morgan fingerprint density at radius 2 is 1.52 bits per heavy atom. The van der Waals surface area contributed by atoms with E-state index in [9.17, 15) is 12.8 Å². The molecule has 0 atom stereocenters. The average Bonchev–Trinajstić information content (AvgIpc) is 3.22. The summed E-state index contributed by atoms with van der Waals surface area (Å²) in [7, 11) is -3.57. The molecule has 1 heterocycles. The minimum atomic E-state index is -3.57. The van der Waals surface area contributed by atoms with Crippen LogP contribution in [0.4, 0.5) is 4.39 Å². The third-order valence-corrected chi connectivity index (χ3v) is 6.84. The molecule has 158 valence electrons. The van der Waals surface area contributed by atoms with Gasteiger partial charge in [-0.3, -0.25) is 4.57 Å². The standard InChI is InChI=1S/C22H19FN4O2S2/c23-18-11-13-19(14-12-18)27-21(17-7-3-1-4-8-17)25-26-22(27)30-16-15-24-31(28,29)20-9-5-2-6-10-20/h1-14,24H,15-16H2. The Balaban J connectivity index is 1.53. The molecule has 9 heteroatoms. The van der Waals surface area contributed by atoms with Crippen molar-refractivity contribution in [2.75, 3.05) is 12.3 Å². The molecule has 0 aliphatic carbocycles. The zero-order valence-electron chi connectivity index (χ0n) is 16.3. The lowest BCUT2D eigenvalue weighted by Crippen LogP contribution is -2.26. The highest BCUT2D eigenvalue weighted by atomic mass is 32.2. The smallest absolute Gasteiger partial charge is 0.240 e. The van der Waals surface area contributed by atoms with Gasteiger partial charge in [0, 0.05) is 23.5 Å². The van der Waals surface area contributed by atoms with Crippen LogP contribution in [-0.2, 0) is 10.0 Å². The van der Waals surface area contributed by atoms with Crippen molar-refractivity contribution < 1.29 is 12.8 Å². The second-order valence-corrected chi connectivity index (χ2v) is 9.37. The van der Waals surface area contributed by atoms with Crippen LogP contribution in [0.1, 0.15) is 0 Å². The minimum Gasteiger partial charge on any atom is -0.270 e. The van der Waals surface area contributed by atoms with Crippen molar-refractivity contribution >= 4 is 21.8 Å². The highest BCUT2D eigenvalue weighted by Gasteiger charge is 2.17. The van der Waals surface area contributed by atoms with Crippen LogP contribution in [0.2, 0.25) is 0 Å². The van der Waals surface area contributed by atoms with Crippen molar-refractivity contribution in [3.05, 3.63) is 90.7 Å². The molecule has 0 aliphatic rings. The van der Waals surface area contributed by atoms with Gasteiger partial charge in [0.25, 0.3) is 0 Å². The summed E-state index contributed by atoms with van der Waals surface area (Å²) in [6.45, 7) is 0.221. The summed E-state index contributed by atoms with van der Waals surface area (Å²) in [5, 5.41) is 9.20. The quantitative estimate of drug-likeness (QED) is 0.320. The SMILES string of the molecule is O=S(=O)(NCCSc1nnc(-c2ccccc2)n1-c1ccc(F)cc1)c1ccccc1. The number of rotatable bonds is 8. The van der Waals surface area contributed by atoms with E-state index < -0.39 is 10.0 Å². The summed E-state index contributed by atoms with van der Waals surface area (Å²) in [5.41, 5.74) is 1.59. The van der Waals surface area contributed by atoms with E-state index in [4.69, 9.17) is 0 Å². The summed E-state index contributed by atoms with van der Waals surface area (Å²) >= 11 is 1.37. The highest BCUT2D eigenvalue weighted by molar-refractivity contribution is 7.99. The molecule has 0 unspecified atom stereocenters. The van der Waals surface area contributed by atoms with Gasteiger partial charge in [0.1, 0.15) is 5.82 Å². The van der Waals surface area contributed by atoms with E-state index in [1.807, 2.05) is 34.9 Å². The first-order valence-electron chi connectivity index (χ1n) is 9.49. The lowest BCUT2D eigenvalue weighted by atomic mass is 10.2. The number of hydrogen-bond donors (Lipinski definition) is 1. The van der Waals surface area contributed by atoms with E-state index in [1.165, 1.54) is 23.9 Å². The molecular formula is C22H19FN4O2S2. The number of hydrogen-bond acceptors (Lipinski definition) is 5. The fourth-order valence-corrected chi connectivity index (χ4v) is 4.95. The molecule has 0 radical (unpaired) electrons. The average molecular weight is 455 g/mol. The van der Waals surface area contributed by atoms with Gasteiger partial charge >= 0.3 is 0 Å². The molecule has 0 amide bonds. The van der Waals surface area contributed by atoms with Crippen LogP contribution in [0.5, 0.6) is 0 Å². The first-order valence-corrected chi connectivity index (χ1v) is 12.0. The lowest BCUT2D eigenvalue weighted by molar-refractivity contribution is 0.584. The largest absolute Gasteiger partial charge is 0.270 e. The molecule has 1 aromatic heterocycles. The number of thioether (sulfide) groups is 1. The Hall–Kier alpha value is -3.01. The van der Waals surface area contributed by atoms with Crippen molar-refractivity contribution in [2.45, 2.75) is 10.1 Å². The predicted molar refractivity (Wildman–Crippen MR) is 119 cm³/mol. The minimum absolute atomic E-state index is 0.221. The van der Waals surface area contributed by atoms with Gasteiger partial charge in [-0.15, -0.1) is 10.2 Å². The fraction of sp³-hybridized carbons (Fsp3) is 0.0909. The molecular weight excluding hydrogens is 435 g/mol. The molecule has 3 aromatic carbocycles. The first kappa shape index (κ1) is 21.2. The van der Waals surface area contributed by atoms with Gasteiger partial charge in [0.15, 0.2) is 11.0 Å². The van der Waals surface area contributed by atoms with Crippen molar-refractivity contribution in [1.29, 1.82) is 0 Å². The Labute approximate surface area is 184 Å². The number of halogens is 1. The summed E-state index contributed by atoms with van der Waals surface area (Å²) in [6, 6.07) is 23.9. The monoisotopic (exact) mass is 454 g/mol. The number of sulfonamides is 1. The van der Waals surface area contributed by atoms with E-state index in [2.05, 4.69) is 14.9 Å². The van der Waals surface area contributed by atoms with Crippen LogP contribution in [0, 0.1) is 5.82 Å². The van der Waals surface area contributed by atoms with Gasteiger partial charge < -0.3 is 0 Å². The zero-order chi connectivity index (χ0) is 21.7. The molecule has 0 fully saturated rings. The van der Waals surface area contributed by atoms with E-state index >= 15 is 0 Å². The summed E-state index contributed by atoms with van der Waals surface area (Å²) in [5.74, 6) is 0.738. The van der Waals surface area contributed by atoms with Crippen LogP contribution in [0.15, 0.2) is 95.0 Å². The van der Waals surface area contributed by atoms with Crippen molar-refractivity contribution in [3.63, 3.8) is 0 Å². The third kappa shape index (κ3) is 5.01. The molecule has 4 rings (SSSR count). The summed E-state index contributed by atoms with van der Waals surface area (Å²) in [6.07, 6.45) is 0. The molecule has 0 spiro atoms. The molecule has 1 N–H and O–H groups in total. The summed E-state index contributed by atoms with van der Waals surface area (Å²) < 4.78 is 42.6. The summed E-state index contributed by atoms with van der Waals surface area (Å²) in [4.78, 5) is 0.223. The van der Waals surface area contributed by atoms with E-state index in [0.717, 1.165) is 11.3 Å². The highest BCUT2D eigenvalue weighted by Crippen LogP contribution is 2.27. The molecule has 4 aromatic rings. The van der Waals surface area contributed by atoms with Gasteiger partial charge in [0.2, 0.25) is 10.0 Å². The number of nitrogens with zero attached hydrogens (tertiary/aromatic N) is 3. The Morgan fingerprint density at radius 1 is 0.871 bits per heavy atom. The molecule has 6 nitrogen and oxygen atoms in total. The normalized spacial score (nSPS) is 11.5. The van der Waals surface area contributed by atoms with E-state index in [1.54, 1.807) is 42.5 Å². The predicted octanol–water partition coefficient (Wildman–Crippen LogP) is 4.14. The zero-order valence-corrected chi connectivity index (χ0v) is 18.0. The van der Waals surface area contributed by atoms with Gasteiger partial charge in [-0.2, -0.15) is 0 Å². The maximum absolute atomic E-state index is 13.4. The Morgan fingerprint density at radius 3 is 2.19 bits per heavy atom. The van der Waals surface area contributed by atoms with Crippen LogP contribution >= 0.6 is 11.8 Å². The van der Waals surface area contributed by atoms with E-state index in [0.29, 0.717) is 16.7 Å². The molecule has 0 saturated carbocycles. The van der Waals surface area contributed by atoms with Gasteiger partial charge in [-0.25, -0.2) is 17.5 Å². The van der Waals surface area contributed by atoms with Gasteiger partial charge in [-0.1, -0.05) is 60.3 Å². The Kier molecular flexibility index (Phi) is 6.45. The number of aromatic nitrogens is 3. The van der Waals surface area contributed by atoms with Gasteiger partial charge in [-0.05, 0) is 36.4 Å². The maximum atomic E-state index is 13.4. The lowest BCUT2D eigenvalue weighted by Gasteiger charge is -2.11. The Bertz CT molecular complexity index is 1250. The number of nitrogens with one attached hydrogen (secondary N) is 1. The topological polar surface area (TPSA) is 76.9 Å². The van der Waals surface area contributed by atoms with Gasteiger partial charge in [0.05, 0.1) is 4.90 Å². The van der Waals surface area contributed by atoms with Crippen LogP contribution in [0.3, 0.4) is 0 Å². The molecule has 0 aliphatic heterocycles. The third-order valence-electron chi connectivity index (χ3n) is 4.43. The first-order chi connectivity index (χ1) is 15.0. The number of benzene rings is 3. The molecule has 0 bridgehead atoms. The second kappa shape index (κ2) is 9.42. The van der Waals surface area contributed by atoms with Crippen LogP contribution in [-0.4, -0.2) is 35.5 Å². The van der Waals surface area contributed by atoms with Crippen molar-refractivity contribution in [3.8, 4) is 17.1 Å². The second-order valence-electron chi connectivity index (χ2n) is 6.54. The van der Waals surface area contributed by atoms with Crippen molar-refractivity contribution in [2.24, 2.45) is 0 Å². The van der Waals surface area contributed by atoms with Crippen LogP contribution in [0.25, 0.3) is 17.1 Å². The van der Waals surface area contributed by atoms with Crippen LogP contribution < -0.4 is 4.72 Å². The van der Waals surface area contributed by atoms with Crippen molar-refractivity contribution in [1.82, 2.24) is 19.5 Å². The van der Waals surface area contributed by atoms with E-state index in [-0.39, 0.29) is 17.3 Å².